The number of amides is 1. The summed E-state index contributed by atoms with van der Waals surface area (Å²) in [6.07, 6.45) is 1.95. The van der Waals surface area contributed by atoms with Crippen LogP contribution in [0.2, 0.25) is 0 Å². The number of carbonyl (C=O) groups is 1. The molecule has 0 bridgehead atoms. The third-order valence-corrected chi connectivity index (χ3v) is 3.89. The number of nitrogens with two attached hydrogens (primary N) is 1. The molecule has 94 valence electrons. The molecule has 2 rings (SSSR count). The van der Waals surface area contributed by atoms with Crippen LogP contribution in [0.25, 0.3) is 0 Å². The Morgan fingerprint density at radius 1 is 1.39 bits per heavy atom. The van der Waals surface area contributed by atoms with Gasteiger partial charge in [-0.3, -0.25) is 4.79 Å². The lowest BCUT2D eigenvalue weighted by Crippen LogP contribution is -2.12. The van der Waals surface area contributed by atoms with Crippen LogP contribution in [0.15, 0.2) is 34.9 Å². The van der Waals surface area contributed by atoms with Gasteiger partial charge in [-0.1, -0.05) is 11.8 Å². The van der Waals surface area contributed by atoms with E-state index >= 15 is 0 Å². The minimum absolute atomic E-state index is 0.0169. The van der Waals surface area contributed by atoms with E-state index in [0.717, 1.165) is 10.0 Å². The van der Waals surface area contributed by atoms with Gasteiger partial charge < -0.3 is 11.1 Å². The summed E-state index contributed by atoms with van der Waals surface area (Å²) in [6.45, 7) is 0. The van der Waals surface area contributed by atoms with E-state index < -0.39 is 0 Å². The molecule has 3 N–H and O–H groups in total. The second-order valence-corrected chi connectivity index (χ2v) is 5.60. The van der Waals surface area contributed by atoms with Crippen molar-refractivity contribution in [2.75, 3.05) is 16.8 Å². The summed E-state index contributed by atoms with van der Waals surface area (Å²) in [5.41, 5.74) is 7.00. The predicted molar refractivity (Wildman–Crippen MR) is 74.7 cm³/mol. The standard InChI is InChI=1S/C11H12N4OS2/c12-8-1-3-9(4-2-8)15-10(16)5-6-17-11-13-7-14-18-11/h1-4,7H,5-6,12H2,(H,15,16). The summed E-state index contributed by atoms with van der Waals surface area (Å²) in [4.78, 5) is 15.7. The molecule has 0 aliphatic carbocycles. The number of nitrogens with zero attached hydrogens (tertiary/aromatic N) is 2. The zero-order valence-electron chi connectivity index (χ0n) is 9.50. The molecule has 0 spiro atoms. The van der Waals surface area contributed by atoms with E-state index in [1.54, 1.807) is 24.3 Å². The number of hydrogen-bond donors (Lipinski definition) is 2. The molecule has 0 radical (unpaired) electrons. The third kappa shape index (κ3) is 4.01. The fourth-order valence-electron chi connectivity index (χ4n) is 1.25. The zero-order valence-corrected chi connectivity index (χ0v) is 11.1. The molecule has 0 atom stereocenters. The molecule has 7 heteroatoms. The molecule has 0 aliphatic heterocycles. The van der Waals surface area contributed by atoms with E-state index in [0.29, 0.717) is 17.9 Å². The predicted octanol–water partition coefficient (Wildman–Crippen LogP) is 2.24. The molecule has 18 heavy (non-hydrogen) atoms. The molecular weight excluding hydrogens is 268 g/mol. The van der Waals surface area contributed by atoms with Crippen molar-refractivity contribution in [1.29, 1.82) is 0 Å². The lowest BCUT2D eigenvalue weighted by atomic mass is 10.3. The van der Waals surface area contributed by atoms with Gasteiger partial charge in [0.2, 0.25) is 5.91 Å². The van der Waals surface area contributed by atoms with E-state index in [1.807, 2.05) is 0 Å². The average Bonchev–Trinajstić information content (AvgIpc) is 2.85. The minimum atomic E-state index is -0.0169. The van der Waals surface area contributed by atoms with Gasteiger partial charge in [0.15, 0.2) is 4.34 Å². The highest BCUT2D eigenvalue weighted by molar-refractivity contribution is 8.00. The monoisotopic (exact) mass is 280 g/mol. The zero-order chi connectivity index (χ0) is 12.8. The third-order valence-electron chi connectivity index (χ3n) is 2.09. The van der Waals surface area contributed by atoms with E-state index in [2.05, 4.69) is 14.7 Å². The molecule has 1 heterocycles. The van der Waals surface area contributed by atoms with Crippen LogP contribution in [0.3, 0.4) is 0 Å². The maximum Gasteiger partial charge on any atom is 0.225 e. The second kappa shape index (κ2) is 6.36. The van der Waals surface area contributed by atoms with E-state index in [9.17, 15) is 4.79 Å². The first kappa shape index (κ1) is 12.8. The van der Waals surface area contributed by atoms with Crippen LogP contribution >= 0.6 is 23.3 Å². The van der Waals surface area contributed by atoms with Crippen molar-refractivity contribution in [2.24, 2.45) is 0 Å². The van der Waals surface area contributed by atoms with Gasteiger partial charge in [-0.15, -0.1) is 0 Å². The van der Waals surface area contributed by atoms with Gasteiger partial charge in [0.1, 0.15) is 6.33 Å². The maximum atomic E-state index is 11.6. The fraction of sp³-hybridized carbons (Fsp3) is 0.182. The lowest BCUT2D eigenvalue weighted by molar-refractivity contribution is -0.115. The summed E-state index contributed by atoms with van der Waals surface area (Å²) in [7, 11) is 0. The van der Waals surface area contributed by atoms with E-state index in [4.69, 9.17) is 5.73 Å². The number of nitrogen functional groups attached to an aromatic ring is 1. The number of aromatic nitrogens is 2. The van der Waals surface area contributed by atoms with Gasteiger partial charge in [-0.25, -0.2) is 4.98 Å². The SMILES string of the molecule is Nc1ccc(NC(=O)CCSc2ncns2)cc1. The highest BCUT2D eigenvalue weighted by atomic mass is 32.2. The van der Waals surface area contributed by atoms with Crippen LogP contribution in [0.1, 0.15) is 6.42 Å². The van der Waals surface area contributed by atoms with Crippen molar-refractivity contribution >= 4 is 40.6 Å². The molecule has 0 saturated heterocycles. The highest BCUT2D eigenvalue weighted by Gasteiger charge is 2.04. The molecule has 0 fully saturated rings. The fourth-order valence-corrected chi connectivity index (χ4v) is 2.70. The van der Waals surface area contributed by atoms with Crippen LogP contribution in [0, 0.1) is 0 Å². The molecule has 0 saturated carbocycles. The summed E-state index contributed by atoms with van der Waals surface area (Å²) in [5, 5.41) is 2.81. The largest absolute Gasteiger partial charge is 0.399 e. The first-order valence-corrected chi connectivity index (χ1v) is 7.05. The Labute approximate surface area is 113 Å². The Morgan fingerprint density at radius 2 is 2.17 bits per heavy atom. The number of rotatable bonds is 5. The normalized spacial score (nSPS) is 10.2. The molecule has 1 aromatic carbocycles. The number of hydrogen-bond acceptors (Lipinski definition) is 6. The second-order valence-electron chi connectivity index (χ2n) is 3.48. The number of nitrogens with one attached hydrogen (secondary N) is 1. The van der Waals surface area contributed by atoms with Crippen molar-refractivity contribution in [3.05, 3.63) is 30.6 Å². The Morgan fingerprint density at radius 3 is 2.83 bits per heavy atom. The van der Waals surface area contributed by atoms with Gasteiger partial charge in [0, 0.05) is 23.5 Å². The van der Waals surface area contributed by atoms with Crippen LogP contribution < -0.4 is 11.1 Å². The van der Waals surface area contributed by atoms with Gasteiger partial charge in [0.25, 0.3) is 0 Å². The maximum absolute atomic E-state index is 11.6. The van der Waals surface area contributed by atoms with Crippen molar-refractivity contribution in [3.63, 3.8) is 0 Å². The van der Waals surface area contributed by atoms with Crippen molar-refractivity contribution < 1.29 is 4.79 Å². The summed E-state index contributed by atoms with van der Waals surface area (Å²) in [6, 6.07) is 7.08. The number of anilines is 2. The smallest absolute Gasteiger partial charge is 0.225 e. The van der Waals surface area contributed by atoms with E-state index in [1.165, 1.54) is 29.6 Å². The van der Waals surface area contributed by atoms with E-state index in [-0.39, 0.29) is 5.91 Å². The minimum Gasteiger partial charge on any atom is -0.399 e. The summed E-state index contributed by atoms with van der Waals surface area (Å²) >= 11 is 2.87. The van der Waals surface area contributed by atoms with Crippen LogP contribution in [0.5, 0.6) is 0 Å². The van der Waals surface area contributed by atoms with Crippen molar-refractivity contribution in [3.8, 4) is 0 Å². The van der Waals surface area contributed by atoms with Crippen molar-refractivity contribution in [2.45, 2.75) is 10.8 Å². The topological polar surface area (TPSA) is 80.9 Å². The summed E-state index contributed by atoms with van der Waals surface area (Å²) in [5.74, 6) is 0.674. The quantitative estimate of drug-likeness (QED) is 0.648. The average molecular weight is 280 g/mol. The molecule has 2 aromatic rings. The Kier molecular flexibility index (Phi) is 4.54. The first-order chi connectivity index (χ1) is 8.74. The van der Waals surface area contributed by atoms with Gasteiger partial charge in [-0.2, -0.15) is 4.37 Å². The Balaban J connectivity index is 1.73. The number of thioether (sulfide) groups is 1. The number of benzene rings is 1. The Hall–Kier alpha value is -1.60. The first-order valence-electron chi connectivity index (χ1n) is 5.29. The van der Waals surface area contributed by atoms with Gasteiger partial charge >= 0.3 is 0 Å². The molecule has 0 unspecified atom stereocenters. The lowest BCUT2D eigenvalue weighted by Gasteiger charge is -2.04. The van der Waals surface area contributed by atoms with Crippen molar-refractivity contribution in [1.82, 2.24) is 9.36 Å². The summed E-state index contributed by atoms with van der Waals surface area (Å²) < 4.78 is 4.78. The van der Waals surface area contributed by atoms with Crippen LogP contribution in [-0.4, -0.2) is 21.0 Å². The molecular formula is C11H12N4OS2. The molecule has 1 amide bonds. The van der Waals surface area contributed by atoms with Crippen LogP contribution in [0.4, 0.5) is 11.4 Å². The molecule has 1 aromatic heterocycles. The highest BCUT2D eigenvalue weighted by Crippen LogP contribution is 2.19. The van der Waals surface area contributed by atoms with Crippen LogP contribution in [-0.2, 0) is 4.79 Å². The number of carbonyl (C=O) groups excluding carboxylic acids is 1. The molecule has 0 aliphatic rings. The van der Waals surface area contributed by atoms with Gasteiger partial charge in [0.05, 0.1) is 0 Å². The van der Waals surface area contributed by atoms with Gasteiger partial charge in [-0.05, 0) is 35.8 Å². The molecule has 5 nitrogen and oxygen atoms in total. The Bertz CT molecular complexity index is 498.